The summed E-state index contributed by atoms with van der Waals surface area (Å²) in [5.74, 6) is 0.225. The van der Waals surface area contributed by atoms with Crippen molar-refractivity contribution in [1.29, 1.82) is 0 Å². The first-order valence-corrected chi connectivity index (χ1v) is 11.8. The number of amides is 1. The van der Waals surface area contributed by atoms with Gasteiger partial charge in [0.25, 0.3) is 5.91 Å². The standard InChI is InChI=1S/C24H23FN2O5S/c1-17-2-7-20(16-23(17)33(29,30)27-12-14-31-15-13-27)26-24(28)18-3-8-21(9-4-18)32-22-10-5-19(25)6-11-22/h2-11,16H,12-15H2,1H3,(H,26,28). The number of ether oxygens (including phenoxy) is 2. The number of nitrogens with one attached hydrogen (secondary N) is 1. The second-order valence-electron chi connectivity index (χ2n) is 7.53. The lowest BCUT2D eigenvalue weighted by Gasteiger charge is -2.26. The van der Waals surface area contributed by atoms with Crippen molar-refractivity contribution in [2.45, 2.75) is 11.8 Å². The molecule has 33 heavy (non-hydrogen) atoms. The highest BCUT2D eigenvalue weighted by atomic mass is 32.2. The highest BCUT2D eigenvalue weighted by Crippen LogP contribution is 2.26. The maximum Gasteiger partial charge on any atom is 0.255 e. The van der Waals surface area contributed by atoms with E-state index in [-0.39, 0.29) is 16.6 Å². The van der Waals surface area contributed by atoms with Crippen LogP contribution < -0.4 is 10.1 Å². The van der Waals surface area contributed by atoms with E-state index in [0.717, 1.165) is 0 Å². The largest absolute Gasteiger partial charge is 0.457 e. The van der Waals surface area contributed by atoms with Crippen LogP contribution in [0, 0.1) is 12.7 Å². The van der Waals surface area contributed by atoms with Gasteiger partial charge in [-0.3, -0.25) is 4.79 Å². The molecule has 172 valence electrons. The Hall–Kier alpha value is -3.27. The number of carbonyl (C=O) groups excluding carboxylic acids is 1. The van der Waals surface area contributed by atoms with E-state index in [9.17, 15) is 17.6 Å². The molecule has 0 radical (unpaired) electrons. The third-order valence-corrected chi connectivity index (χ3v) is 7.24. The summed E-state index contributed by atoms with van der Waals surface area (Å²) >= 11 is 0. The molecule has 1 heterocycles. The van der Waals surface area contributed by atoms with Crippen molar-refractivity contribution in [2.75, 3.05) is 31.6 Å². The fourth-order valence-corrected chi connectivity index (χ4v) is 5.06. The molecule has 7 nitrogen and oxygen atoms in total. The van der Waals surface area contributed by atoms with Crippen LogP contribution in [0.5, 0.6) is 11.5 Å². The summed E-state index contributed by atoms with van der Waals surface area (Å²) in [7, 11) is -3.69. The molecule has 3 aromatic carbocycles. The number of sulfonamides is 1. The van der Waals surface area contributed by atoms with E-state index >= 15 is 0 Å². The van der Waals surface area contributed by atoms with Gasteiger partial charge in [-0.05, 0) is 73.2 Å². The van der Waals surface area contributed by atoms with Crippen molar-refractivity contribution >= 4 is 21.6 Å². The predicted octanol–water partition coefficient (Wildman–Crippen LogP) is 4.20. The fourth-order valence-electron chi connectivity index (χ4n) is 3.40. The van der Waals surface area contributed by atoms with Crippen molar-refractivity contribution in [3.05, 3.63) is 83.7 Å². The van der Waals surface area contributed by atoms with Crippen LogP contribution in [0.1, 0.15) is 15.9 Å². The van der Waals surface area contributed by atoms with Gasteiger partial charge in [0, 0.05) is 24.3 Å². The molecular weight excluding hydrogens is 447 g/mol. The molecule has 0 bridgehead atoms. The first kappa shape index (κ1) is 22.9. The van der Waals surface area contributed by atoms with Crippen LogP contribution >= 0.6 is 0 Å². The summed E-state index contributed by atoms with van der Waals surface area (Å²) in [6, 6.07) is 16.9. The molecule has 9 heteroatoms. The Bertz CT molecular complexity index is 1240. The smallest absolute Gasteiger partial charge is 0.255 e. The van der Waals surface area contributed by atoms with Crippen molar-refractivity contribution in [1.82, 2.24) is 4.31 Å². The average molecular weight is 471 g/mol. The molecule has 0 spiro atoms. The van der Waals surface area contributed by atoms with Gasteiger partial charge in [-0.2, -0.15) is 4.31 Å². The highest BCUT2D eigenvalue weighted by molar-refractivity contribution is 7.89. The molecule has 0 aromatic heterocycles. The normalized spacial score (nSPS) is 14.6. The quantitative estimate of drug-likeness (QED) is 0.584. The Kier molecular flexibility index (Phi) is 6.73. The number of carbonyl (C=O) groups is 1. The van der Waals surface area contributed by atoms with Crippen LogP contribution in [0.3, 0.4) is 0 Å². The topological polar surface area (TPSA) is 84.9 Å². The number of rotatable bonds is 6. The molecule has 4 rings (SSSR count). The molecule has 0 saturated carbocycles. The molecule has 1 N–H and O–H groups in total. The summed E-state index contributed by atoms with van der Waals surface area (Å²) in [6.45, 7) is 3.03. The van der Waals surface area contributed by atoms with E-state index in [4.69, 9.17) is 9.47 Å². The number of halogens is 1. The number of benzene rings is 3. The fraction of sp³-hybridized carbons (Fsp3) is 0.208. The van der Waals surface area contributed by atoms with Gasteiger partial charge in [0.15, 0.2) is 0 Å². The molecule has 3 aromatic rings. The molecule has 1 aliphatic rings. The van der Waals surface area contributed by atoms with E-state index in [2.05, 4.69) is 5.32 Å². The Balaban J connectivity index is 1.47. The molecule has 1 saturated heterocycles. The summed E-state index contributed by atoms with van der Waals surface area (Å²) in [6.07, 6.45) is 0. The van der Waals surface area contributed by atoms with Gasteiger partial charge in [0.05, 0.1) is 18.1 Å². The summed E-state index contributed by atoms with van der Waals surface area (Å²) in [4.78, 5) is 12.9. The monoisotopic (exact) mass is 470 g/mol. The lowest BCUT2D eigenvalue weighted by Crippen LogP contribution is -2.40. The van der Waals surface area contributed by atoms with Crippen molar-refractivity contribution in [2.24, 2.45) is 0 Å². The second kappa shape index (κ2) is 9.70. The highest BCUT2D eigenvalue weighted by Gasteiger charge is 2.28. The van der Waals surface area contributed by atoms with Crippen LogP contribution in [-0.2, 0) is 14.8 Å². The lowest BCUT2D eigenvalue weighted by atomic mass is 10.2. The number of hydrogen-bond acceptors (Lipinski definition) is 5. The first-order chi connectivity index (χ1) is 15.8. The molecule has 0 aliphatic carbocycles. The van der Waals surface area contributed by atoms with Gasteiger partial charge < -0.3 is 14.8 Å². The molecule has 0 unspecified atom stereocenters. The summed E-state index contributed by atoms with van der Waals surface area (Å²) < 4.78 is 51.4. The van der Waals surface area contributed by atoms with Gasteiger partial charge in [-0.15, -0.1) is 0 Å². The number of morpholine rings is 1. The number of nitrogens with zero attached hydrogens (tertiary/aromatic N) is 1. The van der Waals surface area contributed by atoms with Crippen LogP contribution in [-0.4, -0.2) is 44.9 Å². The zero-order valence-electron chi connectivity index (χ0n) is 18.0. The van der Waals surface area contributed by atoms with E-state index in [1.165, 1.54) is 34.6 Å². The zero-order chi connectivity index (χ0) is 23.4. The predicted molar refractivity (Wildman–Crippen MR) is 122 cm³/mol. The molecule has 1 fully saturated rings. The molecule has 1 aliphatic heterocycles. The minimum Gasteiger partial charge on any atom is -0.457 e. The maximum atomic E-state index is 13.0. The Labute approximate surface area is 191 Å². The molecule has 0 atom stereocenters. The second-order valence-corrected chi connectivity index (χ2v) is 9.44. The zero-order valence-corrected chi connectivity index (χ0v) is 18.8. The van der Waals surface area contributed by atoms with Crippen molar-refractivity contribution in [3.8, 4) is 11.5 Å². The van der Waals surface area contributed by atoms with Gasteiger partial charge >= 0.3 is 0 Å². The number of aryl methyl sites for hydroxylation is 1. The number of hydrogen-bond donors (Lipinski definition) is 1. The van der Waals surface area contributed by atoms with Gasteiger partial charge in [-0.1, -0.05) is 6.07 Å². The van der Waals surface area contributed by atoms with Crippen LogP contribution in [0.25, 0.3) is 0 Å². The van der Waals surface area contributed by atoms with Gasteiger partial charge in [0.1, 0.15) is 17.3 Å². The Morgan fingerprint density at radius 2 is 1.58 bits per heavy atom. The first-order valence-electron chi connectivity index (χ1n) is 10.4. The van der Waals surface area contributed by atoms with Crippen LogP contribution in [0.2, 0.25) is 0 Å². The molecular formula is C24H23FN2O5S. The average Bonchev–Trinajstić information content (AvgIpc) is 2.82. The minimum absolute atomic E-state index is 0.158. The summed E-state index contributed by atoms with van der Waals surface area (Å²) in [5, 5.41) is 2.75. The van der Waals surface area contributed by atoms with E-state index in [1.807, 2.05) is 0 Å². The molecule has 1 amide bonds. The van der Waals surface area contributed by atoms with E-state index < -0.39 is 10.0 Å². The SMILES string of the molecule is Cc1ccc(NC(=O)c2ccc(Oc3ccc(F)cc3)cc2)cc1S(=O)(=O)N1CCOCC1. The Morgan fingerprint density at radius 3 is 2.21 bits per heavy atom. The van der Waals surface area contributed by atoms with Gasteiger partial charge in [0.2, 0.25) is 10.0 Å². The van der Waals surface area contributed by atoms with Gasteiger partial charge in [-0.25, -0.2) is 12.8 Å². The number of anilines is 1. The third-order valence-electron chi connectivity index (χ3n) is 5.20. The Morgan fingerprint density at radius 1 is 0.970 bits per heavy atom. The minimum atomic E-state index is -3.69. The summed E-state index contributed by atoms with van der Waals surface area (Å²) in [5.41, 5.74) is 1.35. The van der Waals surface area contributed by atoms with Crippen molar-refractivity contribution < 1.29 is 27.1 Å². The van der Waals surface area contributed by atoms with Crippen LogP contribution in [0.15, 0.2) is 71.6 Å². The van der Waals surface area contributed by atoms with Crippen molar-refractivity contribution in [3.63, 3.8) is 0 Å². The maximum absolute atomic E-state index is 13.0. The van der Waals surface area contributed by atoms with Crippen LogP contribution in [0.4, 0.5) is 10.1 Å². The third kappa shape index (κ3) is 5.39. The lowest BCUT2D eigenvalue weighted by molar-refractivity contribution is 0.0730. The van der Waals surface area contributed by atoms with E-state index in [1.54, 1.807) is 43.3 Å². The van der Waals surface area contributed by atoms with E-state index in [0.29, 0.717) is 54.6 Å².